The van der Waals surface area contributed by atoms with E-state index < -0.39 is 5.41 Å². The third-order valence-corrected chi connectivity index (χ3v) is 4.42. The van der Waals surface area contributed by atoms with Crippen molar-refractivity contribution in [2.75, 3.05) is 6.54 Å². The van der Waals surface area contributed by atoms with Crippen LogP contribution >= 0.6 is 0 Å². The Balaban J connectivity index is 1.87. The Morgan fingerprint density at radius 2 is 1.78 bits per heavy atom. The van der Waals surface area contributed by atoms with Crippen LogP contribution in [0.15, 0.2) is 12.2 Å². The first kappa shape index (κ1) is 11.5. The smallest absolute Gasteiger partial charge is 0.233 e. The van der Waals surface area contributed by atoms with Gasteiger partial charge in [0, 0.05) is 6.54 Å². The van der Waals surface area contributed by atoms with E-state index in [-0.39, 0.29) is 42.0 Å². The van der Waals surface area contributed by atoms with E-state index in [1.54, 1.807) is 13.8 Å². The van der Waals surface area contributed by atoms with Gasteiger partial charge in [0.15, 0.2) is 0 Å². The van der Waals surface area contributed by atoms with Gasteiger partial charge in [-0.15, -0.1) is 0 Å². The van der Waals surface area contributed by atoms with E-state index in [0.29, 0.717) is 0 Å². The molecule has 0 aromatic heterocycles. The second-order valence-corrected chi connectivity index (χ2v) is 6.26. The molecule has 4 nitrogen and oxygen atoms in total. The standard InChI is InChI=1S/C14H16N2O2/c1-14(2,6-15)7-16-12(17)10-8-3-4-9(5-8)11(10)13(16)18/h3-4,8-11H,5,7H2,1-2H3. The molecule has 1 saturated carbocycles. The van der Waals surface area contributed by atoms with Crippen LogP contribution in [0.25, 0.3) is 0 Å². The van der Waals surface area contributed by atoms with Crippen LogP contribution in [0.2, 0.25) is 0 Å². The van der Waals surface area contributed by atoms with Gasteiger partial charge < -0.3 is 0 Å². The Labute approximate surface area is 106 Å². The third-order valence-electron chi connectivity index (χ3n) is 4.42. The van der Waals surface area contributed by atoms with Crippen LogP contribution in [-0.2, 0) is 9.59 Å². The molecule has 2 amide bonds. The molecule has 1 aliphatic heterocycles. The van der Waals surface area contributed by atoms with Crippen molar-refractivity contribution in [1.29, 1.82) is 5.26 Å². The van der Waals surface area contributed by atoms with Gasteiger partial charge >= 0.3 is 0 Å². The molecular weight excluding hydrogens is 228 g/mol. The van der Waals surface area contributed by atoms with E-state index in [2.05, 4.69) is 18.2 Å². The van der Waals surface area contributed by atoms with Crippen molar-refractivity contribution in [2.24, 2.45) is 29.1 Å². The molecule has 0 aromatic carbocycles. The fourth-order valence-corrected chi connectivity index (χ4v) is 3.55. The average molecular weight is 244 g/mol. The molecule has 0 N–H and O–H groups in total. The molecular formula is C14H16N2O2. The predicted octanol–water partition coefficient (Wildman–Crippen LogP) is 1.34. The molecule has 2 fully saturated rings. The normalized spacial score (nSPS) is 37.3. The Bertz CT molecular complexity index is 470. The van der Waals surface area contributed by atoms with Gasteiger partial charge in [0.05, 0.1) is 23.3 Å². The van der Waals surface area contributed by atoms with Crippen LogP contribution in [0.4, 0.5) is 0 Å². The molecule has 1 saturated heterocycles. The first-order valence-corrected chi connectivity index (χ1v) is 6.39. The maximum atomic E-state index is 12.3. The summed E-state index contributed by atoms with van der Waals surface area (Å²) in [5.74, 6) is 0.0534. The minimum absolute atomic E-state index is 0.0647. The van der Waals surface area contributed by atoms with Crippen LogP contribution in [0.5, 0.6) is 0 Å². The number of allylic oxidation sites excluding steroid dienone is 2. The van der Waals surface area contributed by atoms with Crippen LogP contribution in [0, 0.1) is 40.4 Å². The van der Waals surface area contributed by atoms with Crippen LogP contribution in [-0.4, -0.2) is 23.3 Å². The molecule has 0 radical (unpaired) electrons. The zero-order valence-electron chi connectivity index (χ0n) is 10.6. The van der Waals surface area contributed by atoms with Gasteiger partial charge in [-0.05, 0) is 32.1 Å². The van der Waals surface area contributed by atoms with E-state index in [1.807, 2.05) is 0 Å². The average Bonchev–Trinajstić information content (AvgIpc) is 2.99. The van der Waals surface area contributed by atoms with Gasteiger partial charge in [0.1, 0.15) is 0 Å². The minimum Gasteiger partial charge on any atom is -0.280 e. The number of carbonyl (C=O) groups is 2. The Hall–Kier alpha value is -1.63. The number of carbonyl (C=O) groups excluding carboxylic acids is 2. The molecule has 94 valence electrons. The summed E-state index contributed by atoms with van der Waals surface area (Å²) >= 11 is 0. The van der Waals surface area contributed by atoms with Crippen molar-refractivity contribution in [3.63, 3.8) is 0 Å². The summed E-state index contributed by atoms with van der Waals surface area (Å²) in [6.07, 6.45) is 5.11. The maximum absolute atomic E-state index is 12.3. The highest BCUT2D eigenvalue weighted by Gasteiger charge is 2.59. The number of imide groups is 1. The van der Waals surface area contributed by atoms with Gasteiger partial charge in [-0.1, -0.05) is 12.2 Å². The molecule has 4 heteroatoms. The number of hydrogen-bond acceptors (Lipinski definition) is 3. The zero-order valence-corrected chi connectivity index (χ0v) is 10.6. The minimum atomic E-state index is -0.670. The van der Waals surface area contributed by atoms with Crippen molar-refractivity contribution in [3.8, 4) is 6.07 Å². The summed E-state index contributed by atoms with van der Waals surface area (Å²) < 4.78 is 0. The highest BCUT2D eigenvalue weighted by molar-refractivity contribution is 6.06. The van der Waals surface area contributed by atoms with Crippen molar-refractivity contribution in [3.05, 3.63) is 12.2 Å². The molecule has 0 aromatic rings. The second kappa shape index (κ2) is 3.44. The molecule has 2 bridgehead atoms. The summed E-state index contributed by atoms with van der Waals surface area (Å²) in [6, 6.07) is 2.15. The van der Waals surface area contributed by atoms with Gasteiger partial charge in [-0.2, -0.15) is 5.26 Å². The number of rotatable bonds is 2. The molecule has 0 spiro atoms. The summed E-state index contributed by atoms with van der Waals surface area (Å²) in [4.78, 5) is 26.0. The van der Waals surface area contributed by atoms with Gasteiger partial charge in [-0.3, -0.25) is 14.5 Å². The molecule has 4 unspecified atom stereocenters. The van der Waals surface area contributed by atoms with Crippen molar-refractivity contribution in [2.45, 2.75) is 20.3 Å². The lowest BCUT2D eigenvalue weighted by Gasteiger charge is -2.24. The van der Waals surface area contributed by atoms with Gasteiger partial charge in [-0.25, -0.2) is 0 Å². The van der Waals surface area contributed by atoms with Gasteiger partial charge in [0.25, 0.3) is 0 Å². The quantitative estimate of drug-likeness (QED) is 0.544. The fourth-order valence-electron chi connectivity index (χ4n) is 3.55. The monoisotopic (exact) mass is 244 g/mol. The van der Waals surface area contributed by atoms with Gasteiger partial charge in [0.2, 0.25) is 11.8 Å². The molecule has 2 aliphatic carbocycles. The molecule has 1 heterocycles. The third kappa shape index (κ3) is 1.37. The van der Waals surface area contributed by atoms with E-state index >= 15 is 0 Å². The SMILES string of the molecule is CC(C)(C#N)CN1C(=O)C2C3C=CC(C3)C2C1=O. The first-order chi connectivity index (χ1) is 8.44. The van der Waals surface area contributed by atoms with Crippen LogP contribution < -0.4 is 0 Å². The first-order valence-electron chi connectivity index (χ1n) is 6.39. The molecule has 3 aliphatic rings. The highest BCUT2D eigenvalue weighted by Crippen LogP contribution is 2.52. The Morgan fingerprint density at radius 1 is 1.28 bits per heavy atom. The van der Waals surface area contributed by atoms with Crippen molar-refractivity contribution < 1.29 is 9.59 Å². The van der Waals surface area contributed by atoms with Crippen LogP contribution in [0.1, 0.15) is 20.3 Å². The topological polar surface area (TPSA) is 61.2 Å². The zero-order chi connectivity index (χ0) is 13.1. The summed E-state index contributed by atoms with van der Waals surface area (Å²) in [5, 5.41) is 9.03. The lowest BCUT2D eigenvalue weighted by Crippen LogP contribution is -2.39. The number of hydrogen-bond donors (Lipinski definition) is 0. The Kier molecular flexibility index (Phi) is 2.19. The van der Waals surface area contributed by atoms with Crippen molar-refractivity contribution >= 4 is 11.8 Å². The van der Waals surface area contributed by atoms with E-state index in [9.17, 15) is 9.59 Å². The molecule has 4 atom stereocenters. The number of fused-ring (bicyclic) bond motifs is 5. The van der Waals surface area contributed by atoms with E-state index in [1.165, 1.54) is 4.90 Å². The highest BCUT2D eigenvalue weighted by atomic mass is 16.2. The van der Waals surface area contributed by atoms with Crippen molar-refractivity contribution in [1.82, 2.24) is 4.90 Å². The Morgan fingerprint density at radius 3 is 2.22 bits per heavy atom. The number of amides is 2. The summed E-state index contributed by atoms with van der Waals surface area (Å²) in [7, 11) is 0. The molecule has 3 rings (SSSR count). The largest absolute Gasteiger partial charge is 0.280 e. The lowest BCUT2D eigenvalue weighted by atomic mass is 9.85. The number of nitriles is 1. The van der Waals surface area contributed by atoms with E-state index in [0.717, 1.165) is 6.42 Å². The number of likely N-dealkylation sites (tertiary alicyclic amines) is 1. The lowest BCUT2D eigenvalue weighted by molar-refractivity contribution is -0.141. The fraction of sp³-hybridized carbons (Fsp3) is 0.643. The molecule has 18 heavy (non-hydrogen) atoms. The van der Waals surface area contributed by atoms with E-state index in [4.69, 9.17) is 5.26 Å². The summed E-state index contributed by atoms with van der Waals surface area (Å²) in [5.41, 5.74) is -0.670. The maximum Gasteiger partial charge on any atom is 0.233 e. The second-order valence-electron chi connectivity index (χ2n) is 6.26. The predicted molar refractivity (Wildman–Crippen MR) is 63.8 cm³/mol. The van der Waals surface area contributed by atoms with Crippen LogP contribution in [0.3, 0.4) is 0 Å². The summed E-state index contributed by atoms with van der Waals surface area (Å²) in [6.45, 7) is 3.73. The number of nitrogens with zero attached hydrogens (tertiary/aromatic N) is 2.